The quantitative estimate of drug-likeness (QED) is 0.0255. The summed E-state index contributed by atoms with van der Waals surface area (Å²) < 4.78 is 257. The van der Waals surface area contributed by atoms with E-state index in [1.807, 2.05) is 72.2 Å². The molecule has 852 valence electrons. The van der Waals surface area contributed by atoms with E-state index in [0.717, 1.165) is 97.5 Å². The number of pyridine rings is 1. The zero-order chi connectivity index (χ0) is 112. The minimum Gasteiger partial charge on any atom is -0.594 e. The van der Waals surface area contributed by atoms with Gasteiger partial charge in [0.2, 0.25) is 0 Å². The number of likely N-dealkylation sites (tertiary alicyclic amines) is 3. The number of nitrogens with two attached hydrogens (primary N) is 2. The van der Waals surface area contributed by atoms with Crippen LogP contribution in [0.3, 0.4) is 0 Å². The monoisotopic (exact) mass is 2240 g/mol. The molecule has 0 aromatic carbocycles. The molecule has 4 amide bonds. The molecule has 0 unspecified atom stereocenters. The van der Waals surface area contributed by atoms with Gasteiger partial charge in [-0.25, -0.2) is 43.3 Å². The number of nitrogens with one attached hydrogen (secondary N) is 3. The molecule has 3 aromatic rings. The zero-order valence-electron chi connectivity index (χ0n) is 88.7. The number of fused-ring (bicyclic) bond motifs is 1. The number of ketones is 1. The van der Waals surface area contributed by atoms with E-state index in [0.29, 0.717) is 106 Å². The molecule has 0 bridgehead atoms. The number of carboxylic acids is 1. The lowest BCUT2D eigenvalue weighted by molar-refractivity contribution is -0.511. The Kier molecular flexibility index (Phi) is 42.2. The maximum atomic E-state index is 13.3. The van der Waals surface area contributed by atoms with Crippen LogP contribution in [0.25, 0.3) is 5.52 Å². The predicted molar refractivity (Wildman–Crippen MR) is 532 cm³/mol. The van der Waals surface area contributed by atoms with Gasteiger partial charge < -0.3 is 69.9 Å². The number of amides is 4. The minimum atomic E-state index is -5.08. The number of hydrogen-bond donors (Lipinski definition) is 6. The first-order valence-corrected chi connectivity index (χ1v) is 55.6. The summed E-state index contributed by atoms with van der Waals surface area (Å²) in [5.74, 6) is -4.23. The summed E-state index contributed by atoms with van der Waals surface area (Å²) in [6.45, 7) is 38.1. The number of halogens is 14. The molecule has 4 aliphatic heterocycles. The lowest BCUT2D eigenvalue weighted by Crippen LogP contribution is -2.69. The third-order valence-electron chi connectivity index (χ3n) is 28.4. The Labute approximate surface area is 877 Å². The fourth-order valence-corrected chi connectivity index (χ4v) is 24.2. The number of aromatic nitrogens is 4. The molecule has 4 spiro atoms. The van der Waals surface area contributed by atoms with E-state index in [4.69, 9.17) is 67.7 Å². The van der Waals surface area contributed by atoms with Gasteiger partial charge in [-0.1, -0.05) is 72.1 Å². The van der Waals surface area contributed by atoms with Crippen LogP contribution in [0.1, 0.15) is 270 Å². The van der Waals surface area contributed by atoms with E-state index in [9.17, 15) is 107 Å². The second kappa shape index (κ2) is 49.7. The Morgan fingerprint density at radius 2 is 0.926 bits per heavy atom. The molecule has 7 heterocycles. The van der Waals surface area contributed by atoms with Gasteiger partial charge in [-0.15, -0.1) is 8.42 Å². The lowest BCUT2D eigenvalue weighted by atomic mass is 9.60. The Morgan fingerprint density at radius 3 is 1.28 bits per heavy atom. The Bertz CT molecular complexity index is 5320. The number of carbonyl (C=O) groups is 6. The number of nitrogens with zero attached hydrogens (tertiary/aromatic N) is 11. The van der Waals surface area contributed by atoms with E-state index in [1.165, 1.54) is 53.0 Å². The largest absolute Gasteiger partial charge is 0.594 e. The summed E-state index contributed by atoms with van der Waals surface area (Å²) in [7, 11) is -8.57. The minimum absolute atomic E-state index is 0.0250. The first-order valence-electron chi connectivity index (χ1n) is 50.5. The van der Waals surface area contributed by atoms with Gasteiger partial charge in [0.05, 0.1) is 17.8 Å². The topological polar surface area (TPSA) is 448 Å². The fourth-order valence-electron chi connectivity index (χ4n) is 20.6. The average molecular weight is 2240 g/mol. The molecule has 149 heavy (non-hydrogen) atoms. The van der Waals surface area contributed by atoms with Crippen molar-refractivity contribution in [2.24, 2.45) is 84.3 Å². The molecule has 8 aliphatic carbocycles. The van der Waals surface area contributed by atoms with Crippen LogP contribution < -0.4 is 40.2 Å². The Balaban J connectivity index is 0.000000217. The summed E-state index contributed by atoms with van der Waals surface area (Å²) >= 11 is 11.7. The second-order valence-corrected chi connectivity index (χ2v) is 53.0. The standard InChI is InChI=1S/C24H40F3N3O6S.C19H31F3N2O2.C14H24F3N3O2S.C12H19N3O4S.C11H17NO3.C8H17N.C7H5Cl2N3.C2HF3O2/c1-21(2,3)35-19(31)28-37(33,34)30(13-16-7-9-17(10-8-16)24(25,26)27)18-11-23(12-18)14-29(15-23)20(32)36-22(4,5)6;1-17(2,3)26-16(25)24-11-18(12-24)8-15(9-18)23-10-13-4-6-14(7-5-13)19(20,21)22;15-14(16,17)11-3-1-10(2-4-11)7-20(23(18,21)22)12-5-13(6-12)8-19-9-13;1-12(2,3)19-11(16)13-20(17,18)15-8-6-10(7-9-15)14(4)5;1-10(2,3)15-9(14)12-6-11(7-12)4-8(13)5-11;1-7-2-4-8(6-9)5-3-7;1-4-2-5(8)12-6(4)7(9)10-3-11-12;3-2(4,5)1(6)7/h16-18H,7-15H2,1-6H3,(H,28,31);13-15,23H,4-12H2,1-3H3;10-12,19H,1-9H2,(H2,18,21,22);6-9H,1-5H3;4-7H2,1-3H3;7-8H,2-6,9H2,1H3;2-3H,1H3;(H,6,7). The molecule has 0 atom stereocenters. The van der Waals surface area contributed by atoms with E-state index in [-0.39, 0.29) is 116 Å². The van der Waals surface area contributed by atoms with Gasteiger partial charge in [-0.2, -0.15) is 83.2 Å². The summed E-state index contributed by atoms with van der Waals surface area (Å²) in [4.78, 5) is 78.6. The highest BCUT2D eigenvalue weighted by Crippen LogP contribution is 2.54. The maximum Gasteiger partial charge on any atom is 0.493 e. The molecular formula is C97H154Cl2F12N16O19S3. The highest BCUT2D eigenvalue weighted by Gasteiger charge is 2.60. The molecule has 35 nitrogen and oxygen atoms in total. The molecule has 15 rings (SSSR count). The van der Waals surface area contributed by atoms with Crippen molar-refractivity contribution in [2.45, 2.75) is 343 Å². The second-order valence-electron chi connectivity index (χ2n) is 47.7. The number of anilines is 1. The number of ether oxygens (including phenoxy) is 5. The van der Waals surface area contributed by atoms with Gasteiger partial charge in [0.15, 0.2) is 23.6 Å². The van der Waals surface area contributed by atoms with E-state index >= 15 is 0 Å². The lowest BCUT2D eigenvalue weighted by Gasteiger charge is -2.60. The maximum absolute atomic E-state index is 13.3. The number of hydrogen-bond acceptors (Lipinski definition) is 24. The van der Waals surface area contributed by atoms with Gasteiger partial charge >= 0.3 is 75.5 Å². The fraction of sp³-hybridized carbons (Fsp3) is 0.814. The van der Waals surface area contributed by atoms with Crippen molar-refractivity contribution in [1.29, 1.82) is 0 Å². The zero-order valence-corrected chi connectivity index (χ0v) is 92.6. The number of aliphatic carboxylic acids is 1. The highest BCUT2D eigenvalue weighted by atomic mass is 35.5. The normalized spacial score (nSPS) is 24.7. The summed E-state index contributed by atoms with van der Waals surface area (Å²) in [5, 5.41) is 35.6. The Hall–Kier alpha value is -7.59. The summed E-state index contributed by atoms with van der Waals surface area (Å²) in [5.41, 5.74) is 5.26. The molecule has 12 aliphatic rings. The average Bonchev–Trinajstić information content (AvgIpc) is 0.990. The van der Waals surface area contributed by atoms with Gasteiger partial charge in [0.25, 0.3) is 10.2 Å². The van der Waals surface area contributed by atoms with Crippen LogP contribution in [0.4, 0.5) is 77.6 Å². The molecule has 12 fully saturated rings. The Morgan fingerprint density at radius 1 is 0.557 bits per heavy atom. The van der Waals surface area contributed by atoms with Crippen LogP contribution in [0, 0.1) is 75.9 Å². The third-order valence-corrected chi connectivity index (χ3v) is 32.7. The van der Waals surface area contributed by atoms with Crippen LogP contribution in [-0.2, 0) is 63.9 Å². The highest BCUT2D eigenvalue weighted by molar-refractivity contribution is 7.87. The molecular weight excluding hydrogens is 2090 g/mol. The summed E-state index contributed by atoms with van der Waals surface area (Å²) in [6, 6.07) is 4.92. The molecule has 52 heteroatoms. The molecule has 0 radical (unpaired) electrons. The smallest absolute Gasteiger partial charge is 0.493 e. The van der Waals surface area contributed by atoms with Gasteiger partial charge in [0.1, 0.15) is 45.2 Å². The molecule has 4 saturated heterocycles. The van der Waals surface area contributed by atoms with Crippen molar-refractivity contribution < 1.29 is 145 Å². The number of alkyl halides is 12. The van der Waals surface area contributed by atoms with Crippen molar-refractivity contribution in [1.82, 2.24) is 53.3 Å². The molecule has 3 aromatic heterocycles. The third kappa shape index (κ3) is 39.1. The van der Waals surface area contributed by atoms with Gasteiger partial charge in [-0.05, 0) is 278 Å². The predicted octanol–water partition coefficient (Wildman–Crippen LogP) is 16.8. The summed E-state index contributed by atoms with van der Waals surface area (Å²) in [6.07, 6.45) is -1.81. The van der Waals surface area contributed by atoms with Crippen LogP contribution in [0.2, 0.25) is 10.3 Å². The number of aryl methyl sites for hydroxylation is 1. The van der Waals surface area contributed by atoms with Crippen molar-refractivity contribution >= 4 is 107 Å². The van der Waals surface area contributed by atoms with Crippen LogP contribution in [-0.4, -0.2) is 274 Å². The van der Waals surface area contributed by atoms with Crippen LogP contribution in [0.5, 0.6) is 0 Å². The van der Waals surface area contributed by atoms with Crippen molar-refractivity contribution in [2.75, 3.05) is 97.5 Å². The number of carboxylic acid groups (broad SMARTS) is 1. The first kappa shape index (κ1) is 127. The number of Topliss-reactive ketones (excluding diaryl/α,β-unsaturated/α-hetero) is 1. The van der Waals surface area contributed by atoms with Crippen molar-refractivity contribution in [3.05, 3.63) is 52.8 Å². The van der Waals surface area contributed by atoms with Gasteiger partial charge in [0, 0.05) is 150 Å². The SMILES string of the molecule is CC(C)(C)OC(=O)N1CC2(CC(=O)C2)C1.CC(C)(C)OC(=O)N1CC2(CC(NCC3CCC(C(F)(F)F)CC3)C2)C1.CC(C)(C)OC(=O)NS(=O)(=O)N(CC1CCC(C(F)(F)F)CC1)C1CC2(C1)CN(C(=O)OC(C)(C)C)C2.CC1CCC(CN)CC1.CN(C)c1cc[n+](S(=O)(=O)N=C([O-])OC(C)(C)C)cc1.Cc1cc(Cl)n2ncnc(Cl)c12.NS(=O)(=O)N(CC1CCC(C(F)(F)F)CC1)C1CC2(CNC2)C1.O=C(O)C(F)(F)F. The van der Waals surface area contributed by atoms with E-state index in [2.05, 4.69) is 32.0 Å². The molecule has 8 N–H and O–H groups in total. The molecule has 8 saturated carbocycles. The van der Waals surface area contributed by atoms with Crippen LogP contribution >= 0.6 is 23.2 Å². The van der Waals surface area contributed by atoms with Gasteiger partial charge in [-0.3, -0.25) is 4.79 Å². The van der Waals surface area contributed by atoms with E-state index in [1.54, 1.807) is 99.7 Å². The van der Waals surface area contributed by atoms with Crippen molar-refractivity contribution in [3.8, 4) is 0 Å². The van der Waals surface area contributed by atoms with E-state index < -0.39 is 131 Å². The number of rotatable bonds is 16. The van der Waals surface area contributed by atoms with Crippen molar-refractivity contribution in [3.63, 3.8) is 0 Å². The number of carbonyl (C=O) groups excluding carboxylic acids is 5. The first-order chi connectivity index (χ1) is 68.0. The van der Waals surface area contributed by atoms with Crippen LogP contribution in [0.15, 0.2) is 41.3 Å².